The minimum Gasteiger partial charge on any atom is -0.454 e. The van der Waals surface area contributed by atoms with Crippen molar-refractivity contribution in [3.8, 4) is 11.5 Å². The predicted octanol–water partition coefficient (Wildman–Crippen LogP) is 3.43. The van der Waals surface area contributed by atoms with E-state index >= 15 is 0 Å². The van der Waals surface area contributed by atoms with E-state index in [1.54, 1.807) is 19.3 Å². The molecular formula is C21H26N4O3. The highest BCUT2D eigenvalue weighted by Crippen LogP contribution is 2.37. The lowest BCUT2D eigenvalue weighted by Gasteiger charge is -2.21. The number of fused-ring (bicyclic) bond motifs is 1. The van der Waals surface area contributed by atoms with Gasteiger partial charge < -0.3 is 15.0 Å². The fourth-order valence-corrected chi connectivity index (χ4v) is 3.43. The van der Waals surface area contributed by atoms with Gasteiger partial charge in [-0.2, -0.15) is 0 Å². The Bertz CT molecular complexity index is 1140. The molecule has 0 radical (unpaired) electrons. The molecular weight excluding hydrogens is 356 g/mol. The first-order valence-corrected chi connectivity index (χ1v) is 9.26. The summed E-state index contributed by atoms with van der Waals surface area (Å²) in [5, 5.41) is 2.96. The number of aryl methyl sites for hydroxylation is 1. The molecule has 0 aliphatic heterocycles. The van der Waals surface area contributed by atoms with Crippen LogP contribution in [0.3, 0.4) is 0 Å². The second-order valence-electron chi connectivity index (χ2n) is 7.43. The molecule has 0 fully saturated rings. The second-order valence-corrected chi connectivity index (χ2v) is 7.43. The lowest BCUT2D eigenvalue weighted by molar-refractivity contribution is 0.0941. The number of imidazole rings is 1. The number of nitrogens with zero attached hydrogens (tertiary/aromatic N) is 2. The van der Waals surface area contributed by atoms with Gasteiger partial charge >= 0.3 is 5.69 Å². The Balaban J connectivity index is 2.18. The molecule has 1 aromatic carbocycles. The van der Waals surface area contributed by atoms with E-state index in [-0.39, 0.29) is 17.6 Å². The number of H-pyrrole nitrogens is 1. The molecule has 3 rings (SSSR count). The van der Waals surface area contributed by atoms with E-state index < -0.39 is 0 Å². The highest BCUT2D eigenvalue weighted by Gasteiger charge is 2.22. The SMILES string of the molecule is Cc1c(C)c(Oc2ccnc3c2[nH]c(=O)n3C)c(C)c(C(=O)NC(C)C)c1C. The Labute approximate surface area is 163 Å². The average molecular weight is 382 g/mol. The summed E-state index contributed by atoms with van der Waals surface area (Å²) >= 11 is 0. The molecule has 2 heterocycles. The van der Waals surface area contributed by atoms with Crippen LogP contribution in [-0.4, -0.2) is 26.5 Å². The van der Waals surface area contributed by atoms with Crippen molar-refractivity contribution < 1.29 is 9.53 Å². The topological polar surface area (TPSA) is 89.0 Å². The van der Waals surface area contributed by atoms with Gasteiger partial charge in [0.15, 0.2) is 11.4 Å². The molecule has 7 nitrogen and oxygen atoms in total. The van der Waals surface area contributed by atoms with Gasteiger partial charge in [0.25, 0.3) is 5.91 Å². The first kappa shape index (κ1) is 19.7. The van der Waals surface area contributed by atoms with Crippen LogP contribution in [0.15, 0.2) is 17.1 Å². The minimum absolute atomic E-state index is 0.0338. The maximum atomic E-state index is 12.8. The molecule has 0 spiro atoms. The number of rotatable bonds is 4. The van der Waals surface area contributed by atoms with E-state index in [4.69, 9.17) is 4.74 Å². The van der Waals surface area contributed by atoms with Crippen molar-refractivity contribution in [1.29, 1.82) is 0 Å². The second kappa shape index (κ2) is 7.14. The Morgan fingerprint density at radius 2 is 1.82 bits per heavy atom. The number of hydrogen-bond acceptors (Lipinski definition) is 4. The lowest BCUT2D eigenvalue weighted by atomic mass is 9.92. The van der Waals surface area contributed by atoms with Crippen LogP contribution in [0.1, 0.15) is 46.5 Å². The smallest absolute Gasteiger partial charge is 0.327 e. The quantitative estimate of drug-likeness (QED) is 0.723. The molecule has 28 heavy (non-hydrogen) atoms. The van der Waals surface area contributed by atoms with Gasteiger partial charge in [0.1, 0.15) is 11.3 Å². The van der Waals surface area contributed by atoms with Crippen LogP contribution in [0.4, 0.5) is 0 Å². The van der Waals surface area contributed by atoms with Crippen molar-refractivity contribution >= 4 is 17.1 Å². The number of ether oxygens (including phenoxy) is 1. The van der Waals surface area contributed by atoms with Gasteiger partial charge in [-0.05, 0) is 58.2 Å². The van der Waals surface area contributed by atoms with Crippen molar-refractivity contribution in [3.63, 3.8) is 0 Å². The zero-order valence-corrected chi connectivity index (χ0v) is 17.4. The third kappa shape index (κ3) is 3.17. The van der Waals surface area contributed by atoms with Gasteiger partial charge in [0.2, 0.25) is 0 Å². The summed E-state index contributed by atoms with van der Waals surface area (Å²) < 4.78 is 7.68. The Morgan fingerprint density at radius 1 is 1.14 bits per heavy atom. The van der Waals surface area contributed by atoms with Crippen LogP contribution in [-0.2, 0) is 7.05 Å². The fourth-order valence-electron chi connectivity index (χ4n) is 3.43. The normalized spacial score (nSPS) is 11.3. The van der Waals surface area contributed by atoms with Gasteiger partial charge in [-0.25, -0.2) is 9.78 Å². The minimum atomic E-state index is -0.260. The molecule has 0 unspecified atom stereocenters. The van der Waals surface area contributed by atoms with Crippen LogP contribution in [0, 0.1) is 27.7 Å². The number of amides is 1. The van der Waals surface area contributed by atoms with Gasteiger partial charge in [-0.15, -0.1) is 0 Å². The molecule has 1 amide bonds. The third-order valence-corrected chi connectivity index (χ3v) is 5.16. The van der Waals surface area contributed by atoms with Crippen LogP contribution in [0.5, 0.6) is 11.5 Å². The van der Waals surface area contributed by atoms with Gasteiger partial charge in [-0.1, -0.05) is 0 Å². The summed E-state index contributed by atoms with van der Waals surface area (Å²) in [5.41, 5.74) is 5.07. The average Bonchev–Trinajstić information content (AvgIpc) is 2.92. The zero-order chi connectivity index (χ0) is 20.7. The van der Waals surface area contributed by atoms with Crippen molar-refractivity contribution in [2.75, 3.05) is 0 Å². The largest absolute Gasteiger partial charge is 0.454 e. The summed E-state index contributed by atoms with van der Waals surface area (Å²) in [6, 6.07) is 1.74. The molecule has 0 saturated carbocycles. The highest BCUT2D eigenvalue weighted by molar-refractivity contribution is 5.98. The summed E-state index contributed by atoms with van der Waals surface area (Å²) in [6.45, 7) is 11.7. The Kier molecular flexibility index (Phi) is 5.02. The number of benzene rings is 1. The number of aromatic nitrogens is 3. The van der Waals surface area contributed by atoms with Crippen LogP contribution >= 0.6 is 0 Å². The van der Waals surface area contributed by atoms with Crippen molar-refractivity contribution in [3.05, 3.63) is 50.6 Å². The fraction of sp³-hybridized carbons (Fsp3) is 0.381. The number of nitrogens with one attached hydrogen (secondary N) is 2. The number of carbonyl (C=O) groups is 1. The number of hydrogen-bond donors (Lipinski definition) is 2. The van der Waals surface area contributed by atoms with E-state index in [2.05, 4.69) is 15.3 Å². The van der Waals surface area contributed by atoms with Crippen LogP contribution in [0.25, 0.3) is 11.2 Å². The van der Waals surface area contributed by atoms with E-state index in [1.807, 2.05) is 41.5 Å². The van der Waals surface area contributed by atoms with Crippen molar-refractivity contribution in [1.82, 2.24) is 19.9 Å². The first-order valence-electron chi connectivity index (χ1n) is 9.26. The van der Waals surface area contributed by atoms with E-state index in [1.165, 1.54) is 4.57 Å². The lowest BCUT2D eigenvalue weighted by Crippen LogP contribution is -2.31. The van der Waals surface area contributed by atoms with Crippen LogP contribution in [0.2, 0.25) is 0 Å². The molecule has 3 aromatic rings. The third-order valence-electron chi connectivity index (χ3n) is 5.16. The highest BCUT2D eigenvalue weighted by atomic mass is 16.5. The maximum Gasteiger partial charge on any atom is 0.327 e. The molecule has 0 saturated heterocycles. The summed E-state index contributed by atoms with van der Waals surface area (Å²) in [4.78, 5) is 31.8. The Morgan fingerprint density at radius 3 is 2.46 bits per heavy atom. The van der Waals surface area contributed by atoms with Gasteiger partial charge in [-0.3, -0.25) is 9.36 Å². The van der Waals surface area contributed by atoms with Crippen molar-refractivity contribution in [2.24, 2.45) is 7.05 Å². The number of pyridine rings is 1. The van der Waals surface area contributed by atoms with Gasteiger partial charge in [0.05, 0.1) is 0 Å². The molecule has 0 atom stereocenters. The molecule has 2 aromatic heterocycles. The number of carbonyl (C=O) groups excluding carboxylic acids is 1. The molecule has 148 valence electrons. The van der Waals surface area contributed by atoms with Gasteiger partial charge in [0, 0.05) is 36.5 Å². The zero-order valence-electron chi connectivity index (χ0n) is 17.4. The summed E-state index contributed by atoms with van der Waals surface area (Å²) in [5.74, 6) is 0.993. The van der Waals surface area contributed by atoms with Crippen LogP contribution < -0.4 is 15.7 Å². The van der Waals surface area contributed by atoms with E-state index in [9.17, 15) is 9.59 Å². The standard InChI is InChI=1S/C21H26N4O3/c1-10(2)23-20(26)16-12(4)11(3)13(5)18(14(16)6)28-15-8-9-22-19-17(15)24-21(27)25(19)7/h8-10H,1-7H3,(H,23,26)(H,24,27). The molecule has 7 heteroatoms. The monoisotopic (exact) mass is 382 g/mol. The van der Waals surface area contributed by atoms with E-state index in [0.717, 1.165) is 22.3 Å². The summed E-state index contributed by atoms with van der Waals surface area (Å²) in [7, 11) is 1.65. The summed E-state index contributed by atoms with van der Waals surface area (Å²) in [6.07, 6.45) is 1.60. The van der Waals surface area contributed by atoms with Crippen molar-refractivity contribution in [2.45, 2.75) is 47.6 Å². The van der Waals surface area contributed by atoms with E-state index in [0.29, 0.717) is 28.2 Å². The molecule has 0 bridgehead atoms. The predicted molar refractivity (Wildman–Crippen MR) is 109 cm³/mol. The maximum absolute atomic E-state index is 12.8. The molecule has 2 N–H and O–H groups in total. The Hall–Kier alpha value is -3.09. The first-order chi connectivity index (χ1) is 13.1. The molecule has 0 aliphatic carbocycles. The molecule has 0 aliphatic rings. The number of aromatic amines is 1.